The maximum atomic E-state index is 14.7. The number of amides is 1. The second-order valence-electron chi connectivity index (χ2n) is 19.9. The Labute approximate surface area is 336 Å². The molecule has 5 saturated carbocycles. The Balaban J connectivity index is 1.04. The lowest BCUT2D eigenvalue weighted by Crippen LogP contribution is -2.67. The Morgan fingerprint density at radius 3 is 2.29 bits per heavy atom. The molecule has 56 heavy (non-hydrogen) atoms. The van der Waals surface area contributed by atoms with Gasteiger partial charge in [0.25, 0.3) is 0 Å². The fraction of sp³-hybridized carbons (Fsp3) is 0.660. The van der Waals surface area contributed by atoms with Crippen molar-refractivity contribution in [3.63, 3.8) is 0 Å². The number of aliphatic hydroxyl groups excluding tert-OH is 1. The molecule has 0 aromatic heterocycles. The first-order chi connectivity index (χ1) is 26.3. The lowest BCUT2D eigenvalue weighted by atomic mass is 9.32. The van der Waals surface area contributed by atoms with Crippen LogP contribution in [0.2, 0.25) is 0 Å². The van der Waals surface area contributed by atoms with Gasteiger partial charge in [0.05, 0.1) is 29.1 Å². The molecule has 3 N–H and O–H groups in total. The molecule has 306 valence electrons. The number of aliphatic hydroxyl groups is 1. The van der Waals surface area contributed by atoms with Crippen LogP contribution in [0.4, 0.5) is 0 Å². The summed E-state index contributed by atoms with van der Waals surface area (Å²) in [7, 11) is -2.47. The summed E-state index contributed by atoms with van der Waals surface area (Å²) in [6, 6.07) is 13.6. The topological polar surface area (TPSA) is 122 Å². The summed E-state index contributed by atoms with van der Waals surface area (Å²) in [5.74, 6) is 1.92. The summed E-state index contributed by atoms with van der Waals surface area (Å²) in [5, 5.41) is 14.5. The monoisotopic (exact) mass is 786 g/mol. The molecule has 5 aliphatic rings. The first kappa shape index (κ1) is 41.2. The second kappa shape index (κ2) is 14.7. The van der Waals surface area contributed by atoms with Gasteiger partial charge < -0.3 is 15.2 Å². The van der Waals surface area contributed by atoms with Gasteiger partial charge in [-0.25, -0.2) is 17.9 Å². The Morgan fingerprint density at radius 1 is 0.857 bits per heavy atom. The van der Waals surface area contributed by atoms with E-state index in [1.54, 1.807) is 42.5 Å². The first-order valence-electron chi connectivity index (χ1n) is 21.2. The predicted octanol–water partition coefficient (Wildman–Crippen LogP) is 8.63. The van der Waals surface area contributed by atoms with Gasteiger partial charge in [0.2, 0.25) is 15.9 Å². The number of carbonyl (C=O) groups excluding carboxylic acids is 2. The number of allylic oxidation sites excluding steroid dienone is 1. The SMILES string of the molecule is C=C(C)[C@@H]1CC[C@]2(C(=O)NCCc3cccc(S(=O)(=O)NCc4ccc(C(=O)OC)cc4)c3)CC[C@]3(C)C(CCC4[C@@]5(C)CC[C@H](O)C(C)(C)C5CC[C@]43C)C12. The number of sulfonamides is 1. The molecule has 0 spiro atoms. The van der Waals surface area contributed by atoms with Crippen molar-refractivity contribution in [2.75, 3.05) is 13.7 Å². The van der Waals surface area contributed by atoms with E-state index < -0.39 is 21.4 Å². The molecule has 1 amide bonds. The number of methoxy groups -OCH3 is 1. The van der Waals surface area contributed by atoms with Gasteiger partial charge in [0.15, 0.2) is 0 Å². The van der Waals surface area contributed by atoms with Crippen molar-refractivity contribution in [1.29, 1.82) is 0 Å². The lowest BCUT2D eigenvalue weighted by molar-refractivity contribution is -0.246. The molecule has 2 aromatic rings. The molecule has 4 unspecified atom stereocenters. The Morgan fingerprint density at radius 2 is 1.59 bits per heavy atom. The zero-order valence-electron chi connectivity index (χ0n) is 34.9. The molecule has 2 aromatic carbocycles. The van der Waals surface area contributed by atoms with Crippen LogP contribution in [0.25, 0.3) is 0 Å². The number of hydrogen-bond donors (Lipinski definition) is 3. The van der Waals surface area contributed by atoms with Crippen molar-refractivity contribution in [1.82, 2.24) is 10.0 Å². The van der Waals surface area contributed by atoms with Gasteiger partial charge in [-0.15, -0.1) is 0 Å². The van der Waals surface area contributed by atoms with E-state index in [4.69, 9.17) is 4.74 Å². The predicted molar refractivity (Wildman–Crippen MR) is 220 cm³/mol. The van der Waals surface area contributed by atoms with E-state index in [2.05, 4.69) is 58.2 Å². The van der Waals surface area contributed by atoms with E-state index in [0.29, 0.717) is 42.2 Å². The average Bonchev–Trinajstić information content (AvgIpc) is 3.57. The Kier molecular flexibility index (Phi) is 10.8. The molecule has 5 aliphatic carbocycles. The van der Waals surface area contributed by atoms with Crippen LogP contribution in [-0.4, -0.2) is 45.2 Å². The number of esters is 1. The standard InChI is InChI=1S/C47H66N2O6S/c1-30(2)35-18-24-47(26-25-45(6)36(40(35)47)16-17-38-44(5)22-20-39(50)43(3,4)37(44)19-23-46(38,45)7)42(52)48-27-21-31-10-9-11-34(28-31)56(53,54)49-29-32-12-14-33(15-13-32)41(51)55-8/h9-15,28,35-40,49-50H,1,16-27,29H2,2-8H3,(H,48,52)/t35-,36?,37?,38?,39-,40?,44-,45+,46+,47-/m0/s1. The molecule has 0 aliphatic heterocycles. The van der Waals surface area contributed by atoms with Gasteiger partial charge in [0, 0.05) is 13.1 Å². The largest absolute Gasteiger partial charge is 0.465 e. The van der Waals surface area contributed by atoms with E-state index in [-0.39, 0.29) is 51.0 Å². The number of fused-ring (bicyclic) bond motifs is 7. The quantitative estimate of drug-likeness (QED) is 0.164. The second-order valence-corrected chi connectivity index (χ2v) is 21.7. The summed E-state index contributed by atoms with van der Waals surface area (Å²) in [4.78, 5) is 26.6. The molecule has 10 atom stereocenters. The molecule has 0 heterocycles. The molecule has 0 saturated heterocycles. The maximum absolute atomic E-state index is 14.7. The van der Waals surface area contributed by atoms with Gasteiger partial charge >= 0.3 is 5.97 Å². The summed E-state index contributed by atoms with van der Waals surface area (Å²) in [6.45, 7) is 19.6. The smallest absolute Gasteiger partial charge is 0.337 e. The zero-order chi connectivity index (χ0) is 40.5. The molecule has 5 fully saturated rings. The van der Waals surface area contributed by atoms with Crippen LogP contribution in [0.15, 0.2) is 65.6 Å². The van der Waals surface area contributed by atoms with Gasteiger partial charge in [0.1, 0.15) is 0 Å². The minimum atomic E-state index is -3.80. The number of benzene rings is 2. The third kappa shape index (κ3) is 6.50. The van der Waals surface area contributed by atoms with Crippen molar-refractivity contribution in [3.05, 3.63) is 77.4 Å². The molecule has 7 rings (SSSR count). The fourth-order valence-corrected chi connectivity index (χ4v) is 15.1. The van der Waals surface area contributed by atoms with E-state index >= 15 is 0 Å². The van der Waals surface area contributed by atoms with Gasteiger partial charge in [-0.1, -0.05) is 71.0 Å². The number of rotatable bonds is 10. The highest BCUT2D eigenvalue weighted by atomic mass is 32.2. The normalized spacial score (nSPS) is 37.3. The van der Waals surface area contributed by atoms with Gasteiger partial charge in [-0.2, -0.15) is 0 Å². The summed E-state index contributed by atoms with van der Waals surface area (Å²) >= 11 is 0. The van der Waals surface area contributed by atoms with Crippen molar-refractivity contribution < 1.29 is 27.9 Å². The minimum absolute atomic E-state index is 0.0723. The van der Waals surface area contributed by atoms with E-state index in [1.165, 1.54) is 31.9 Å². The number of hydrogen-bond acceptors (Lipinski definition) is 6. The number of nitrogens with one attached hydrogen (secondary N) is 2. The average molecular weight is 787 g/mol. The summed E-state index contributed by atoms with van der Waals surface area (Å²) in [6.07, 6.45) is 10.9. The van der Waals surface area contributed by atoms with E-state index in [1.807, 2.05) is 6.07 Å². The third-order valence-corrected chi connectivity index (χ3v) is 18.6. The highest BCUT2D eigenvalue weighted by molar-refractivity contribution is 7.89. The minimum Gasteiger partial charge on any atom is -0.465 e. The number of carbonyl (C=O) groups is 2. The van der Waals surface area contributed by atoms with Crippen LogP contribution >= 0.6 is 0 Å². The lowest BCUT2D eigenvalue weighted by Gasteiger charge is -2.72. The van der Waals surface area contributed by atoms with E-state index in [0.717, 1.165) is 56.1 Å². The van der Waals surface area contributed by atoms with Crippen molar-refractivity contribution in [3.8, 4) is 0 Å². The molecular formula is C47H66N2O6S. The highest BCUT2D eigenvalue weighted by Gasteiger charge is 2.71. The van der Waals surface area contributed by atoms with Gasteiger partial charge in [-0.05, 0) is 164 Å². The van der Waals surface area contributed by atoms with Crippen LogP contribution < -0.4 is 10.0 Å². The highest BCUT2D eigenvalue weighted by Crippen LogP contribution is 2.77. The molecular weight excluding hydrogens is 721 g/mol. The molecule has 0 bridgehead atoms. The van der Waals surface area contributed by atoms with E-state index in [9.17, 15) is 23.1 Å². The van der Waals surface area contributed by atoms with Crippen LogP contribution in [0.3, 0.4) is 0 Å². The maximum Gasteiger partial charge on any atom is 0.337 e. The fourth-order valence-electron chi connectivity index (χ4n) is 14.0. The summed E-state index contributed by atoms with van der Waals surface area (Å²) < 4.78 is 34.0. The van der Waals surface area contributed by atoms with Crippen molar-refractivity contribution in [2.24, 2.45) is 56.7 Å². The molecule has 8 nitrogen and oxygen atoms in total. The Bertz CT molecular complexity index is 1960. The van der Waals surface area contributed by atoms with Crippen molar-refractivity contribution in [2.45, 2.75) is 130 Å². The van der Waals surface area contributed by atoms with Crippen molar-refractivity contribution >= 4 is 21.9 Å². The summed E-state index contributed by atoms with van der Waals surface area (Å²) in [5.41, 5.74) is 3.22. The van der Waals surface area contributed by atoms with Crippen LogP contribution in [-0.2, 0) is 32.5 Å². The molecule has 0 radical (unpaired) electrons. The van der Waals surface area contributed by atoms with Crippen LogP contribution in [0, 0.1) is 56.7 Å². The van der Waals surface area contributed by atoms with Crippen LogP contribution in [0.5, 0.6) is 0 Å². The number of ether oxygens (including phenoxy) is 1. The zero-order valence-corrected chi connectivity index (χ0v) is 35.7. The Hall–Kier alpha value is -3.01. The first-order valence-corrected chi connectivity index (χ1v) is 22.7. The third-order valence-electron chi connectivity index (χ3n) is 17.2. The van der Waals surface area contributed by atoms with Crippen LogP contribution in [0.1, 0.15) is 127 Å². The van der Waals surface area contributed by atoms with Gasteiger partial charge in [-0.3, -0.25) is 4.79 Å². The molecule has 9 heteroatoms.